The van der Waals surface area contributed by atoms with Gasteiger partial charge in [-0.3, -0.25) is 9.69 Å². The molecule has 1 aliphatic rings. The molecule has 2 amide bonds. The number of benzene rings is 1. The minimum absolute atomic E-state index is 0.0439. The van der Waals surface area contributed by atoms with Gasteiger partial charge in [0.2, 0.25) is 0 Å². The zero-order chi connectivity index (χ0) is 15.2. The molecule has 0 bridgehead atoms. The molecule has 1 aliphatic heterocycles. The molecule has 2 rings (SSSR count). The number of carbonyl (C=O) groups is 2. The minimum Gasteiger partial charge on any atom is -0.481 e. The second kappa shape index (κ2) is 7.11. The first-order valence-corrected chi connectivity index (χ1v) is 7.49. The molecule has 5 nitrogen and oxygen atoms in total. The largest absolute Gasteiger partial charge is 0.481 e. The number of carboxylic acid groups (broad SMARTS) is 1. The van der Waals surface area contributed by atoms with Crippen molar-refractivity contribution in [1.29, 1.82) is 0 Å². The average molecular weight is 290 g/mol. The lowest BCUT2D eigenvalue weighted by atomic mass is 10.1. The normalized spacial score (nSPS) is 15.8. The van der Waals surface area contributed by atoms with Gasteiger partial charge in [0.15, 0.2) is 0 Å². The number of nitrogens with one attached hydrogen (secondary N) is 1. The Morgan fingerprint density at radius 3 is 2.81 bits per heavy atom. The van der Waals surface area contributed by atoms with Crippen LogP contribution in [0.4, 0.5) is 10.5 Å². The van der Waals surface area contributed by atoms with Crippen LogP contribution in [0.5, 0.6) is 0 Å². The highest BCUT2D eigenvalue weighted by Gasteiger charge is 2.23. The number of aliphatic carboxylic acids is 1. The molecule has 0 saturated heterocycles. The molecule has 2 N–H and O–H groups in total. The lowest BCUT2D eigenvalue weighted by Gasteiger charge is -2.26. The molecule has 1 aromatic carbocycles. The maximum atomic E-state index is 12.5. The number of fused-ring (bicyclic) bond motifs is 1. The van der Waals surface area contributed by atoms with Gasteiger partial charge in [-0.15, -0.1) is 0 Å². The summed E-state index contributed by atoms with van der Waals surface area (Å²) in [4.78, 5) is 25.0. The van der Waals surface area contributed by atoms with E-state index in [2.05, 4.69) is 11.4 Å². The number of nitrogens with zero attached hydrogens (tertiary/aromatic N) is 1. The molecule has 0 aliphatic carbocycles. The van der Waals surface area contributed by atoms with E-state index in [1.807, 2.05) is 25.1 Å². The van der Waals surface area contributed by atoms with Gasteiger partial charge in [0, 0.05) is 18.3 Å². The summed E-state index contributed by atoms with van der Waals surface area (Å²) in [6.07, 6.45) is 3.56. The maximum Gasteiger partial charge on any atom is 0.322 e. The zero-order valence-corrected chi connectivity index (χ0v) is 12.3. The zero-order valence-electron chi connectivity index (χ0n) is 12.3. The number of hydrogen-bond donors (Lipinski definition) is 2. The molecule has 21 heavy (non-hydrogen) atoms. The van der Waals surface area contributed by atoms with Crippen LogP contribution in [0.25, 0.3) is 0 Å². The van der Waals surface area contributed by atoms with Gasteiger partial charge in [-0.1, -0.05) is 25.1 Å². The van der Waals surface area contributed by atoms with Crippen molar-refractivity contribution >= 4 is 17.7 Å². The molecule has 0 spiro atoms. The van der Waals surface area contributed by atoms with E-state index in [0.717, 1.165) is 24.9 Å². The fraction of sp³-hybridized carbons (Fsp3) is 0.500. The van der Waals surface area contributed by atoms with Crippen molar-refractivity contribution in [1.82, 2.24) is 5.32 Å². The number of anilines is 1. The summed E-state index contributed by atoms with van der Waals surface area (Å²) in [6, 6.07) is 7.40. The molecule has 1 heterocycles. The summed E-state index contributed by atoms with van der Waals surface area (Å²) in [7, 11) is 0. The average Bonchev–Trinajstić information content (AvgIpc) is 2.68. The smallest absolute Gasteiger partial charge is 0.322 e. The fourth-order valence-electron chi connectivity index (χ4n) is 2.66. The Kier molecular flexibility index (Phi) is 5.20. The third-order valence-electron chi connectivity index (χ3n) is 3.85. The Labute approximate surface area is 125 Å². The first-order valence-electron chi connectivity index (χ1n) is 7.49. The summed E-state index contributed by atoms with van der Waals surface area (Å²) in [5.41, 5.74) is 2.12. The Morgan fingerprint density at radius 2 is 2.10 bits per heavy atom. The van der Waals surface area contributed by atoms with Crippen molar-refractivity contribution in [3.63, 3.8) is 0 Å². The molecule has 1 atom stereocenters. The molecule has 1 aromatic rings. The Bertz CT molecular complexity index is 516. The topological polar surface area (TPSA) is 69.6 Å². The van der Waals surface area contributed by atoms with E-state index >= 15 is 0 Å². The van der Waals surface area contributed by atoms with Crippen LogP contribution in [0.3, 0.4) is 0 Å². The van der Waals surface area contributed by atoms with Crippen molar-refractivity contribution in [3.05, 3.63) is 29.8 Å². The second-order valence-corrected chi connectivity index (χ2v) is 5.39. The molecule has 0 saturated carbocycles. The first-order chi connectivity index (χ1) is 10.1. The number of carbonyl (C=O) groups excluding carboxylic acids is 1. The van der Waals surface area contributed by atoms with Gasteiger partial charge in [-0.05, 0) is 37.3 Å². The summed E-state index contributed by atoms with van der Waals surface area (Å²) in [6.45, 7) is 2.55. The summed E-state index contributed by atoms with van der Waals surface area (Å²) in [5, 5.41) is 11.7. The summed E-state index contributed by atoms with van der Waals surface area (Å²) >= 11 is 0. The molecule has 0 radical (unpaired) electrons. The van der Waals surface area contributed by atoms with Crippen LogP contribution in [0.2, 0.25) is 0 Å². The van der Waals surface area contributed by atoms with E-state index in [0.29, 0.717) is 13.0 Å². The summed E-state index contributed by atoms with van der Waals surface area (Å²) < 4.78 is 0. The molecule has 5 heteroatoms. The van der Waals surface area contributed by atoms with Crippen molar-refractivity contribution in [2.24, 2.45) is 0 Å². The van der Waals surface area contributed by atoms with Crippen molar-refractivity contribution < 1.29 is 14.7 Å². The van der Waals surface area contributed by atoms with Crippen LogP contribution in [0.1, 0.15) is 38.2 Å². The number of amides is 2. The van der Waals surface area contributed by atoms with E-state index in [1.54, 1.807) is 4.90 Å². The maximum absolute atomic E-state index is 12.5. The van der Waals surface area contributed by atoms with Crippen LogP contribution in [-0.4, -0.2) is 29.7 Å². The molecule has 114 valence electrons. The van der Waals surface area contributed by atoms with Gasteiger partial charge in [-0.25, -0.2) is 4.79 Å². The van der Waals surface area contributed by atoms with Gasteiger partial charge >= 0.3 is 12.0 Å². The van der Waals surface area contributed by atoms with Crippen LogP contribution >= 0.6 is 0 Å². The lowest BCUT2D eigenvalue weighted by molar-refractivity contribution is -0.137. The van der Waals surface area contributed by atoms with Crippen LogP contribution in [0.15, 0.2) is 24.3 Å². The van der Waals surface area contributed by atoms with E-state index in [-0.39, 0.29) is 18.5 Å². The van der Waals surface area contributed by atoms with E-state index in [9.17, 15) is 9.59 Å². The Hall–Kier alpha value is -2.04. The molecule has 0 fully saturated rings. The fourth-order valence-corrected chi connectivity index (χ4v) is 2.66. The number of para-hydroxylation sites is 1. The molecular formula is C16H22N2O3. The number of carboxylic acids is 1. The van der Waals surface area contributed by atoms with Gasteiger partial charge < -0.3 is 10.4 Å². The minimum atomic E-state index is -0.890. The highest BCUT2D eigenvalue weighted by atomic mass is 16.4. The number of hydrogen-bond acceptors (Lipinski definition) is 2. The van der Waals surface area contributed by atoms with Crippen LogP contribution in [0, 0.1) is 0 Å². The van der Waals surface area contributed by atoms with E-state index < -0.39 is 5.97 Å². The highest BCUT2D eigenvalue weighted by Crippen LogP contribution is 2.26. The van der Waals surface area contributed by atoms with Gasteiger partial charge in [0.25, 0.3) is 0 Å². The standard InChI is InChI=1S/C16H22N2O3/c1-2-13(11-15(19)20)17-16(21)18-10-6-5-8-12-7-3-4-9-14(12)18/h3-4,7,9,13H,2,5-6,8,10-11H2,1H3,(H,17,21)(H,19,20). The third-order valence-corrected chi connectivity index (χ3v) is 3.85. The monoisotopic (exact) mass is 290 g/mol. The van der Waals surface area contributed by atoms with Crippen LogP contribution in [-0.2, 0) is 11.2 Å². The van der Waals surface area contributed by atoms with Gasteiger partial charge in [0.1, 0.15) is 0 Å². The van der Waals surface area contributed by atoms with Crippen LogP contribution < -0.4 is 10.2 Å². The highest BCUT2D eigenvalue weighted by molar-refractivity contribution is 5.93. The Balaban J connectivity index is 2.13. The van der Waals surface area contributed by atoms with Crippen molar-refractivity contribution in [3.8, 4) is 0 Å². The predicted molar refractivity (Wildman–Crippen MR) is 81.6 cm³/mol. The SMILES string of the molecule is CCC(CC(=O)O)NC(=O)N1CCCCc2ccccc21. The number of aryl methyl sites for hydroxylation is 1. The molecular weight excluding hydrogens is 268 g/mol. The van der Waals surface area contributed by atoms with E-state index in [4.69, 9.17) is 5.11 Å². The van der Waals surface area contributed by atoms with Gasteiger partial charge in [-0.2, -0.15) is 0 Å². The second-order valence-electron chi connectivity index (χ2n) is 5.39. The van der Waals surface area contributed by atoms with Crippen molar-refractivity contribution in [2.75, 3.05) is 11.4 Å². The lowest BCUT2D eigenvalue weighted by Crippen LogP contribution is -2.46. The number of urea groups is 1. The predicted octanol–water partition coefficient (Wildman–Crippen LogP) is 2.79. The first kappa shape index (κ1) is 15.4. The van der Waals surface area contributed by atoms with E-state index in [1.165, 1.54) is 5.56 Å². The Morgan fingerprint density at radius 1 is 1.33 bits per heavy atom. The summed E-state index contributed by atoms with van der Waals surface area (Å²) in [5.74, 6) is -0.890. The van der Waals surface area contributed by atoms with Gasteiger partial charge in [0.05, 0.1) is 6.42 Å². The van der Waals surface area contributed by atoms with Crippen molar-refractivity contribution in [2.45, 2.75) is 45.1 Å². The molecule has 0 aromatic heterocycles. The molecule has 1 unspecified atom stereocenters. The number of rotatable bonds is 4. The quantitative estimate of drug-likeness (QED) is 0.896. The third kappa shape index (κ3) is 3.97.